The largest absolute Gasteiger partial charge is 0.396 e. The van der Waals surface area contributed by atoms with E-state index in [2.05, 4.69) is 20.4 Å². The van der Waals surface area contributed by atoms with Crippen molar-refractivity contribution in [3.8, 4) is 0 Å². The summed E-state index contributed by atoms with van der Waals surface area (Å²) in [6.07, 6.45) is 4.69. The van der Waals surface area contributed by atoms with Gasteiger partial charge in [-0.2, -0.15) is 5.10 Å². The number of nitrogen functional groups attached to an aromatic ring is 1. The van der Waals surface area contributed by atoms with Gasteiger partial charge in [0.15, 0.2) is 0 Å². The highest BCUT2D eigenvalue weighted by Gasteiger charge is 1.96. The number of aromatic amines is 1. The number of hydrogen-bond donors (Lipinski definition) is 3. The van der Waals surface area contributed by atoms with Crippen molar-refractivity contribution in [1.82, 2.24) is 19.7 Å². The first-order chi connectivity index (χ1) is 7.74. The Morgan fingerprint density at radius 1 is 1.56 bits per heavy atom. The molecule has 0 saturated heterocycles. The molecule has 0 aliphatic rings. The molecular formula is C9H12N6O. The summed E-state index contributed by atoms with van der Waals surface area (Å²) >= 11 is 0. The van der Waals surface area contributed by atoms with E-state index in [4.69, 9.17) is 5.73 Å². The quantitative estimate of drug-likeness (QED) is 0.654. The van der Waals surface area contributed by atoms with Crippen molar-refractivity contribution >= 4 is 11.5 Å². The van der Waals surface area contributed by atoms with E-state index in [1.165, 1.54) is 12.4 Å². The summed E-state index contributed by atoms with van der Waals surface area (Å²) in [4.78, 5) is 17.4. The molecule has 84 valence electrons. The molecule has 7 heteroatoms. The third kappa shape index (κ3) is 2.59. The molecule has 0 aromatic carbocycles. The fourth-order valence-electron chi connectivity index (χ4n) is 1.27. The number of anilines is 2. The van der Waals surface area contributed by atoms with Gasteiger partial charge in [0.2, 0.25) is 0 Å². The van der Waals surface area contributed by atoms with E-state index in [9.17, 15) is 4.79 Å². The molecule has 0 unspecified atom stereocenters. The van der Waals surface area contributed by atoms with Gasteiger partial charge in [0, 0.05) is 18.8 Å². The lowest BCUT2D eigenvalue weighted by atomic mass is 10.5. The van der Waals surface area contributed by atoms with E-state index < -0.39 is 0 Å². The molecule has 0 aliphatic carbocycles. The second-order valence-electron chi connectivity index (χ2n) is 3.26. The van der Waals surface area contributed by atoms with Gasteiger partial charge in [0.1, 0.15) is 5.82 Å². The van der Waals surface area contributed by atoms with Gasteiger partial charge in [-0.25, -0.2) is 4.98 Å². The predicted molar refractivity (Wildman–Crippen MR) is 60.0 cm³/mol. The van der Waals surface area contributed by atoms with Crippen molar-refractivity contribution in [2.75, 3.05) is 17.6 Å². The Hall–Kier alpha value is -2.31. The number of nitrogens with two attached hydrogens (primary N) is 1. The Morgan fingerprint density at radius 2 is 2.44 bits per heavy atom. The van der Waals surface area contributed by atoms with E-state index in [-0.39, 0.29) is 5.56 Å². The topological polar surface area (TPSA) is 102 Å². The molecule has 2 heterocycles. The Balaban J connectivity index is 1.86. The molecule has 4 N–H and O–H groups in total. The van der Waals surface area contributed by atoms with Crippen molar-refractivity contribution in [3.05, 3.63) is 35.1 Å². The van der Waals surface area contributed by atoms with Crippen LogP contribution < -0.4 is 16.6 Å². The van der Waals surface area contributed by atoms with Gasteiger partial charge >= 0.3 is 0 Å². The van der Waals surface area contributed by atoms with E-state index in [1.54, 1.807) is 17.1 Å². The number of hydrogen-bond acceptors (Lipinski definition) is 5. The molecule has 0 fully saturated rings. The molecule has 0 atom stereocenters. The maximum absolute atomic E-state index is 11.0. The van der Waals surface area contributed by atoms with Crippen LogP contribution in [0.4, 0.5) is 11.5 Å². The number of rotatable bonds is 4. The first-order valence-corrected chi connectivity index (χ1v) is 4.80. The predicted octanol–water partition coefficient (Wildman–Crippen LogP) is -0.339. The van der Waals surface area contributed by atoms with E-state index in [1.807, 2.05) is 0 Å². The summed E-state index contributed by atoms with van der Waals surface area (Å²) in [5, 5.41) is 7.04. The van der Waals surface area contributed by atoms with Gasteiger partial charge in [-0.3, -0.25) is 9.48 Å². The summed E-state index contributed by atoms with van der Waals surface area (Å²) < 4.78 is 1.72. The van der Waals surface area contributed by atoms with Crippen LogP contribution in [0, 0.1) is 0 Å². The molecule has 7 nitrogen and oxygen atoms in total. The number of aromatic nitrogens is 4. The summed E-state index contributed by atoms with van der Waals surface area (Å²) in [6, 6.07) is 1.40. The monoisotopic (exact) mass is 220 g/mol. The van der Waals surface area contributed by atoms with Crippen molar-refractivity contribution in [3.63, 3.8) is 0 Å². The van der Waals surface area contributed by atoms with Crippen LogP contribution in [-0.4, -0.2) is 26.3 Å². The Kier molecular flexibility index (Phi) is 2.86. The fraction of sp³-hybridized carbons (Fsp3) is 0.222. The second-order valence-corrected chi connectivity index (χ2v) is 3.26. The average Bonchev–Trinajstić information content (AvgIpc) is 2.64. The lowest BCUT2D eigenvalue weighted by molar-refractivity contribution is 0.637. The zero-order valence-electron chi connectivity index (χ0n) is 8.55. The minimum Gasteiger partial charge on any atom is -0.396 e. The minimum absolute atomic E-state index is 0.180. The van der Waals surface area contributed by atoms with Crippen LogP contribution in [0.25, 0.3) is 0 Å². The van der Waals surface area contributed by atoms with Gasteiger partial charge in [0.25, 0.3) is 5.56 Å². The highest BCUT2D eigenvalue weighted by molar-refractivity contribution is 5.32. The minimum atomic E-state index is -0.180. The zero-order chi connectivity index (χ0) is 11.4. The Labute approximate surface area is 91.3 Å². The van der Waals surface area contributed by atoms with Crippen LogP contribution in [-0.2, 0) is 6.54 Å². The van der Waals surface area contributed by atoms with Gasteiger partial charge in [-0.05, 0) is 0 Å². The standard InChI is InChI=1S/C9H12N6O/c10-7-4-14-15(5-7)2-1-11-8-3-9(16)13-6-12-8/h3-6H,1-2,10H2,(H2,11,12,13,16). The molecular weight excluding hydrogens is 208 g/mol. The first kappa shape index (κ1) is 10.2. The lowest BCUT2D eigenvalue weighted by Crippen LogP contribution is -2.14. The Bertz CT molecular complexity index is 516. The van der Waals surface area contributed by atoms with Crippen molar-refractivity contribution in [1.29, 1.82) is 0 Å². The highest BCUT2D eigenvalue weighted by atomic mass is 16.1. The van der Waals surface area contributed by atoms with Crippen LogP contribution in [0.3, 0.4) is 0 Å². The molecule has 2 rings (SSSR count). The van der Waals surface area contributed by atoms with Gasteiger partial charge in [-0.1, -0.05) is 0 Å². The molecule has 2 aromatic rings. The van der Waals surface area contributed by atoms with Gasteiger partial charge in [-0.15, -0.1) is 0 Å². The molecule has 0 spiro atoms. The van der Waals surface area contributed by atoms with E-state index >= 15 is 0 Å². The summed E-state index contributed by atoms with van der Waals surface area (Å²) in [6.45, 7) is 1.28. The van der Waals surface area contributed by atoms with E-state index in [0.29, 0.717) is 24.6 Å². The van der Waals surface area contributed by atoms with Crippen molar-refractivity contribution in [2.24, 2.45) is 0 Å². The number of nitrogens with one attached hydrogen (secondary N) is 2. The zero-order valence-corrected chi connectivity index (χ0v) is 8.55. The Morgan fingerprint density at radius 3 is 3.12 bits per heavy atom. The second kappa shape index (κ2) is 4.47. The first-order valence-electron chi connectivity index (χ1n) is 4.80. The van der Waals surface area contributed by atoms with Gasteiger partial charge < -0.3 is 16.0 Å². The smallest absolute Gasteiger partial charge is 0.252 e. The number of nitrogens with zero attached hydrogens (tertiary/aromatic N) is 3. The normalized spacial score (nSPS) is 10.2. The maximum Gasteiger partial charge on any atom is 0.252 e. The summed E-state index contributed by atoms with van der Waals surface area (Å²) in [7, 11) is 0. The summed E-state index contributed by atoms with van der Waals surface area (Å²) in [5.41, 5.74) is 5.97. The van der Waals surface area contributed by atoms with Crippen molar-refractivity contribution in [2.45, 2.75) is 6.54 Å². The van der Waals surface area contributed by atoms with Crippen LogP contribution >= 0.6 is 0 Å². The molecule has 0 amide bonds. The molecule has 2 aromatic heterocycles. The molecule has 0 radical (unpaired) electrons. The van der Waals surface area contributed by atoms with Crippen LogP contribution in [0.1, 0.15) is 0 Å². The molecule has 0 bridgehead atoms. The van der Waals surface area contributed by atoms with Gasteiger partial charge in [0.05, 0.1) is 24.8 Å². The van der Waals surface area contributed by atoms with E-state index in [0.717, 1.165) is 0 Å². The summed E-state index contributed by atoms with van der Waals surface area (Å²) in [5.74, 6) is 0.545. The highest BCUT2D eigenvalue weighted by Crippen LogP contribution is 1.98. The van der Waals surface area contributed by atoms with Crippen LogP contribution in [0.15, 0.2) is 29.6 Å². The van der Waals surface area contributed by atoms with Crippen LogP contribution in [0.5, 0.6) is 0 Å². The lowest BCUT2D eigenvalue weighted by Gasteiger charge is -2.04. The average molecular weight is 220 g/mol. The molecule has 16 heavy (non-hydrogen) atoms. The number of H-pyrrole nitrogens is 1. The molecule has 0 aliphatic heterocycles. The fourth-order valence-corrected chi connectivity index (χ4v) is 1.27. The third-order valence-corrected chi connectivity index (χ3v) is 1.98. The molecule has 0 saturated carbocycles. The van der Waals surface area contributed by atoms with Crippen molar-refractivity contribution < 1.29 is 0 Å². The van der Waals surface area contributed by atoms with Crippen LogP contribution in [0.2, 0.25) is 0 Å². The third-order valence-electron chi connectivity index (χ3n) is 1.98. The maximum atomic E-state index is 11.0. The SMILES string of the molecule is Nc1cnn(CCNc2cc(=O)[nH]cn2)c1.